The SMILES string of the molecule is CC1CN(C(=O)CC23CC4CC(CC(Br)(C4)C2)C3)CCO1. The maximum Gasteiger partial charge on any atom is 0.223 e. The van der Waals surface area contributed by atoms with Gasteiger partial charge in [0.1, 0.15) is 0 Å². The number of hydrogen-bond donors (Lipinski definition) is 0. The summed E-state index contributed by atoms with van der Waals surface area (Å²) in [4.78, 5) is 14.8. The fourth-order valence-corrected chi connectivity index (χ4v) is 7.53. The molecule has 3 unspecified atom stereocenters. The molecule has 0 N–H and O–H groups in total. The van der Waals surface area contributed by atoms with Crippen LogP contribution >= 0.6 is 15.9 Å². The van der Waals surface area contributed by atoms with Gasteiger partial charge in [-0.1, -0.05) is 15.9 Å². The van der Waals surface area contributed by atoms with Crippen LogP contribution in [0.15, 0.2) is 0 Å². The minimum Gasteiger partial charge on any atom is -0.375 e. The Morgan fingerprint density at radius 1 is 1.29 bits per heavy atom. The maximum absolute atomic E-state index is 12.8. The topological polar surface area (TPSA) is 29.5 Å². The van der Waals surface area contributed by atoms with E-state index in [4.69, 9.17) is 4.74 Å². The van der Waals surface area contributed by atoms with Crippen molar-refractivity contribution in [2.75, 3.05) is 19.7 Å². The van der Waals surface area contributed by atoms with E-state index in [1.807, 2.05) is 4.90 Å². The Balaban J connectivity index is 1.47. The molecule has 4 bridgehead atoms. The van der Waals surface area contributed by atoms with Gasteiger partial charge in [-0.15, -0.1) is 0 Å². The van der Waals surface area contributed by atoms with Gasteiger partial charge in [0.05, 0.1) is 12.7 Å². The predicted molar refractivity (Wildman–Crippen MR) is 85.4 cm³/mol. The van der Waals surface area contributed by atoms with Gasteiger partial charge in [0, 0.05) is 23.8 Å². The van der Waals surface area contributed by atoms with Crippen LogP contribution in [0.1, 0.15) is 51.9 Å². The fraction of sp³-hybridized carbons (Fsp3) is 0.941. The Labute approximate surface area is 135 Å². The molecule has 4 heteroatoms. The van der Waals surface area contributed by atoms with E-state index < -0.39 is 0 Å². The quantitative estimate of drug-likeness (QED) is 0.710. The van der Waals surface area contributed by atoms with Gasteiger partial charge in [0.25, 0.3) is 0 Å². The Morgan fingerprint density at radius 2 is 2.00 bits per heavy atom. The molecular weight excluding hydrogens is 330 g/mol. The van der Waals surface area contributed by atoms with Crippen LogP contribution in [0, 0.1) is 17.3 Å². The Bertz CT molecular complexity index is 438. The number of amides is 1. The number of carbonyl (C=O) groups excluding carboxylic acids is 1. The molecule has 0 aromatic heterocycles. The number of rotatable bonds is 2. The summed E-state index contributed by atoms with van der Waals surface area (Å²) >= 11 is 4.04. The zero-order valence-electron chi connectivity index (χ0n) is 12.9. The first-order chi connectivity index (χ1) is 9.95. The summed E-state index contributed by atoms with van der Waals surface area (Å²) in [5, 5.41) is 0. The van der Waals surface area contributed by atoms with E-state index in [0.717, 1.165) is 31.3 Å². The summed E-state index contributed by atoms with van der Waals surface area (Å²) in [6.45, 7) is 4.33. The van der Waals surface area contributed by atoms with E-state index in [0.29, 0.717) is 22.3 Å². The first-order valence-electron chi connectivity index (χ1n) is 8.54. The smallest absolute Gasteiger partial charge is 0.223 e. The second kappa shape index (κ2) is 4.95. The van der Waals surface area contributed by atoms with Crippen molar-refractivity contribution in [1.82, 2.24) is 4.90 Å². The standard InChI is InChI=1S/C17H26BrNO2/c1-12-10-19(2-3-21-12)15(20)9-16-5-13-4-14(6-16)8-17(18,7-13)11-16/h12-14H,2-11H2,1H3. The molecule has 1 aliphatic heterocycles. The Morgan fingerprint density at radius 3 is 2.62 bits per heavy atom. The van der Waals surface area contributed by atoms with Gasteiger partial charge in [-0.3, -0.25) is 4.79 Å². The maximum atomic E-state index is 12.8. The number of carbonyl (C=O) groups is 1. The molecule has 118 valence electrons. The van der Waals surface area contributed by atoms with Crippen molar-refractivity contribution in [2.24, 2.45) is 17.3 Å². The number of halogens is 1. The van der Waals surface area contributed by atoms with Crippen LogP contribution in [0.3, 0.4) is 0 Å². The fourth-order valence-electron chi connectivity index (χ4n) is 6.02. The van der Waals surface area contributed by atoms with Crippen LogP contribution in [0.4, 0.5) is 0 Å². The zero-order valence-corrected chi connectivity index (χ0v) is 14.5. The minimum atomic E-state index is 0.196. The summed E-state index contributed by atoms with van der Waals surface area (Å²) < 4.78 is 5.92. The summed E-state index contributed by atoms with van der Waals surface area (Å²) in [6, 6.07) is 0. The number of ether oxygens (including phenoxy) is 1. The number of alkyl halides is 1. The average molecular weight is 356 g/mol. The molecule has 3 nitrogen and oxygen atoms in total. The summed E-state index contributed by atoms with van der Waals surface area (Å²) in [6.07, 6.45) is 8.88. The van der Waals surface area contributed by atoms with E-state index in [9.17, 15) is 4.79 Å². The van der Waals surface area contributed by atoms with Crippen LogP contribution in [-0.2, 0) is 9.53 Å². The molecule has 3 atom stereocenters. The summed E-state index contributed by atoms with van der Waals surface area (Å²) in [5.74, 6) is 2.10. The third-order valence-electron chi connectivity index (χ3n) is 6.23. The lowest BCUT2D eigenvalue weighted by Gasteiger charge is -2.60. The van der Waals surface area contributed by atoms with Gasteiger partial charge < -0.3 is 9.64 Å². The monoisotopic (exact) mass is 355 g/mol. The van der Waals surface area contributed by atoms with Crippen LogP contribution in [-0.4, -0.2) is 40.9 Å². The highest BCUT2D eigenvalue weighted by Gasteiger charge is 2.57. The third kappa shape index (κ3) is 2.67. The molecular formula is C17H26BrNO2. The lowest BCUT2D eigenvalue weighted by molar-refractivity contribution is -0.145. The lowest BCUT2D eigenvalue weighted by Crippen LogP contribution is -2.55. The van der Waals surface area contributed by atoms with E-state index in [1.54, 1.807) is 0 Å². The van der Waals surface area contributed by atoms with Gasteiger partial charge in [-0.25, -0.2) is 0 Å². The van der Waals surface area contributed by atoms with Gasteiger partial charge in [-0.2, -0.15) is 0 Å². The molecule has 1 heterocycles. The van der Waals surface area contributed by atoms with Crippen molar-refractivity contribution in [2.45, 2.75) is 62.3 Å². The molecule has 5 fully saturated rings. The molecule has 21 heavy (non-hydrogen) atoms. The molecule has 1 saturated heterocycles. The molecule has 0 aromatic rings. The second-order valence-electron chi connectivity index (χ2n) is 8.31. The van der Waals surface area contributed by atoms with Crippen LogP contribution in [0.5, 0.6) is 0 Å². The molecule has 0 radical (unpaired) electrons. The van der Waals surface area contributed by atoms with Gasteiger partial charge in [-0.05, 0) is 62.7 Å². The lowest BCUT2D eigenvalue weighted by atomic mass is 9.48. The van der Waals surface area contributed by atoms with Crippen molar-refractivity contribution >= 4 is 21.8 Å². The molecule has 4 aliphatic carbocycles. The highest BCUT2D eigenvalue weighted by molar-refractivity contribution is 9.10. The first kappa shape index (κ1) is 14.5. The predicted octanol–water partition coefficient (Wildman–Crippen LogP) is 3.36. The number of hydrogen-bond acceptors (Lipinski definition) is 2. The molecule has 5 rings (SSSR count). The van der Waals surface area contributed by atoms with Crippen molar-refractivity contribution in [3.63, 3.8) is 0 Å². The van der Waals surface area contributed by atoms with E-state index >= 15 is 0 Å². The summed E-state index contributed by atoms with van der Waals surface area (Å²) in [5.41, 5.74) is 0.298. The minimum absolute atomic E-state index is 0.196. The van der Waals surface area contributed by atoms with Crippen LogP contribution in [0.2, 0.25) is 0 Å². The van der Waals surface area contributed by atoms with E-state index in [1.165, 1.54) is 38.5 Å². The Kier molecular flexibility index (Phi) is 3.42. The van der Waals surface area contributed by atoms with Crippen LogP contribution in [0.25, 0.3) is 0 Å². The molecule has 0 aromatic carbocycles. The van der Waals surface area contributed by atoms with Gasteiger partial charge in [0.15, 0.2) is 0 Å². The molecule has 1 amide bonds. The van der Waals surface area contributed by atoms with Crippen molar-refractivity contribution in [1.29, 1.82) is 0 Å². The number of morpholine rings is 1. The Hall–Kier alpha value is -0.0900. The largest absolute Gasteiger partial charge is 0.375 e. The zero-order chi connectivity index (χ0) is 14.7. The highest BCUT2D eigenvalue weighted by atomic mass is 79.9. The average Bonchev–Trinajstić information content (AvgIpc) is 2.34. The van der Waals surface area contributed by atoms with Crippen molar-refractivity contribution in [3.05, 3.63) is 0 Å². The van der Waals surface area contributed by atoms with Crippen molar-refractivity contribution in [3.8, 4) is 0 Å². The highest BCUT2D eigenvalue weighted by Crippen LogP contribution is 2.65. The van der Waals surface area contributed by atoms with Crippen molar-refractivity contribution < 1.29 is 9.53 Å². The molecule has 4 saturated carbocycles. The summed E-state index contributed by atoms with van der Waals surface area (Å²) in [7, 11) is 0. The van der Waals surface area contributed by atoms with Crippen LogP contribution < -0.4 is 0 Å². The van der Waals surface area contributed by atoms with Gasteiger partial charge in [0.2, 0.25) is 5.91 Å². The second-order valence-corrected chi connectivity index (χ2v) is 9.99. The molecule has 5 aliphatic rings. The van der Waals surface area contributed by atoms with E-state index in [-0.39, 0.29) is 6.10 Å². The third-order valence-corrected chi connectivity index (χ3v) is 7.16. The normalized spacial score (nSPS) is 48.7. The van der Waals surface area contributed by atoms with Gasteiger partial charge >= 0.3 is 0 Å². The first-order valence-corrected chi connectivity index (χ1v) is 9.33. The molecule has 0 spiro atoms. The van der Waals surface area contributed by atoms with E-state index in [2.05, 4.69) is 22.9 Å². The number of nitrogens with zero attached hydrogens (tertiary/aromatic N) is 1.